The number of methoxy groups -OCH3 is 1. The van der Waals surface area contributed by atoms with Crippen molar-refractivity contribution < 1.29 is 9.47 Å². The Morgan fingerprint density at radius 1 is 1.42 bits per heavy atom. The van der Waals surface area contributed by atoms with Crippen LogP contribution in [0.4, 0.5) is 0 Å². The maximum atomic E-state index is 6.07. The first-order valence-corrected chi connectivity index (χ1v) is 8.02. The number of hydrogen-bond donors (Lipinski definition) is 0. The summed E-state index contributed by atoms with van der Waals surface area (Å²) in [5, 5.41) is 0.751. The highest BCUT2D eigenvalue weighted by Crippen LogP contribution is 2.43. The molecule has 106 valence electrons. The molecule has 1 aromatic carbocycles. The third kappa shape index (κ3) is 3.87. The molecule has 1 fully saturated rings. The molecule has 0 bridgehead atoms. The second-order valence-electron chi connectivity index (χ2n) is 5.00. The van der Waals surface area contributed by atoms with E-state index >= 15 is 0 Å². The van der Waals surface area contributed by atoms with Crippen LogP contribution in [0.3, 0.4) is 0 Å². The number of hydrogen-bond acceptors (Lipinski definition) is 2. The van der Waals surface area contributed by atoms with E-state index in [-0.39, 0.29) is 4.83 Å². The maximum Gasteiger partial charge on any atom is 0.123 e. The van der Waals surface area contributed by atoms with Crippen molar-refractivity contribution in [3.63, 3.8) is 0 Å². The zero-order valence-electron chi connectivity index (χ0n) is 11.4. The van der Waals surface area contributed by atoms with Crippen molar-refractivity contribution >= 4 is 27.5 Å². The Morgan fingerprint density at radius 3 is 2.79 bits per heavy atom. The van der Waals surface area contributed by atoms with Crippen LogP contribution in [0, 0.1) is 5.92 Å². The molecule has 0 radical (unpaired) electrons. The largest absolute Gasteiger partial charge is 0.496 e. The van der Waals surface area contributed by atoms with E-state index in [0.717, 1.165) is 35.3 Å². The Hall–Kier alpha value is -0.250. The highest BCUT2D eigenvalue weighted by Gasteiger charge is 2.31. The standard InChI is InChI=1S/C15H20BrClO2/c1-3-19-12-6-10(7-12)8-14(16)13-9-11(17)4-5-15(13)18-2/h4-5,9-10,12,14H,3,6-8H2,1-2H3. The minimum Gasteiger partial charge on any atom is -0.496 e. The Balaban J connectivity index is 1.93. The summed E-state index contributed by atoms with van der Waals surface area (Å²) >= 11 is 9.84. The SMILES string of the molecule is CCOC1CC(CC(Br)c2cc(Cl)ccc2OC)C1. The minimum absolute atomic E-state index is 0.286. The molecular weight excluding hydrogens is 328 g/mol. The molecule has 4 heteroatoms. The minimum atomic E-state index is 0.286. The van der Waals surface area contributed by atoms with Crippen LogP contribution in [0.1, 0.15) is 36.6 Å². The first-order chi connectivity index (χ1) is 9.13. The quantitative estimate of drug-likeness (QED) is 0.675. The number of ether oxygens (including phenoxy) is 2. The zero-order valence-corrected chi connectivity index (χ0v) is 13.7. The van der Waals surface area contributed by atoms with Gasteiger partial charge >= 0.3 is 0 Å². The fourth-order valence-electron chi connectivity index (χ4n) is 2.61. The van der Waals surface area contributed by atoms with E-state index in [9.17, 15) is 0 Å². The molecule has 0 aliphatic heterocycles. The van der Waals surface area contributed by atoms with Gasteiger partial charge < -0.3 is 9.47 Å². The van der Waals surface area contributed by atoms with Crippen molar-refractivity contribution in [1.82, 2.24) is 0 Å². The van der Waals surface area contributed by atoms with Gasteiger partial charge in [0, 0.05) is 22.0 Å². The predicted octanol–water partition coefficient (Wildman–Crippen LogP) is 4.99. The van der Waals surface area contributed by atoms with Crippen LogP contribution in [0.2, 0.25) is 5.02 Å². The zero-order chi connectivity index (χ0) is 13.8. The van der Waals surface area contributed by atoms with E-state index in [4.69, 9.17) is 21.1 Å². The Kier molecular flexibility index (Phi) is 5.55. The Bertz CT molecular complexity index is 419. The molecule has 1 unspecified atom stereocenters. The van der Waals surface area contributed by atoms with Gasteiger partial charge in [0.25, 0.3) is 0 Å². The number of halogens is 2. The van der Waals surface area contributed by atoms with Crippen LogP contribution in [0.15, 0.2) is 18.2 Å². The van der Waals surface area contributed by atoms with Crippen molar-refractivity contribution in [1.29, 1.82) is 0 Å². The highest BCUT2D eigenvalue weighted by molar-refractivity contribution is 9.09. The molecule has 0 amide bonds. The summed E-state index contributed by atoms with van der Waals surface area (Å²) in [6.45, 7) is 2.87. The lowest BCUT2D eigenvalue weighted by atomic mass is 9.78. The topological polar surface area (TPSA) is 18.5 Å². The van der Waals surface area contributed by atoms with Gasteiger partial charge in [-0.05, 0) is 50.3 Å². The molecule has 1 saturated carbocycles. The van der Waals surface area contributed by atoms with Gasteiger partial charge in [0.1, 0.15) is 5.75 Å². The summed E-state index contributed by atoms with van der Waals surface area (Å²) in [4.78, 5) is 0.286. The van der Waals surface area contributed by atoms with Crippen LogP contribution in [0.5, 0.6) is 5.75 Å². The Morgan fingerprint density at radius 2 is 2.16 bits per heavy atom. The summed E-state index contributed by atoms with van der Waals surface area (Å²) < 4.78 is 11.0. The van der Waals surface area contributed by atoms with Crippen LogP contribution in [0.25, 0.3) is 0 Å². The maximum absolute atomic E-state index is 6.07. The van der Waals surface area contributed by atoms with Crippen molar-refractivity contribution in [2.24, 2.45) is 5.92 Å². The third-order valence-electron chi connectivity index (χ3n) is 3.66. The van der Waals surface area contributed by atoms with Crippen molar-refractivity contribution in [2.45, 2.75) is 37.1 Å². The molecule has 2 rings (SSSR count). The van der Waals surface area contributed by atoms with Crippen LogP contribution >= 0.6 is 27.5 Å². The van der Waals surface area contributed by atoms with Crippen LogP contribution in [-0.4, -0.2) is 19.8 Å². The van der Waals surface area contributed by atoms with Gasteiger partial charge in [-0.2, -0.15) is 0 Å². The number of rotatable bonds is 6. The van der Waals surface area contributed by atoms with Crippen molar-refractivity contribution in [3.8, 4) is 5.75 Å². The molecule has 2 nitrogen and oxygen atoms in total. The lowest BCUT2D eigenvalue weighted by molar-refractivity contribution is -0.0264. The van der Waals surface area contributed by atoms with Gasteiger partial charge in [0.15, 0.2) is 0 Å². The van der Waals surface area contributed by atoms with Gasteiger partial charge in [0.2, 0.25) is 0 Å². The summed E-state index contributed by atoms with van der Waals surface area (Å²) in [7, 11) is 1.70. The van der Waals surface area contributed by atoms with E-state index in [1.165, 1.54) is 12.8 Å². The molecule has 0 saturated heterocycles. The molecule has 1 aliphatic rings. The van der Waals surface area contributed by atoms with E-state index < -0.39 is 0 Å². The molecule has 1 aliphatic carbocycles. The predicted molar refractivity (Wildman–Crippen MR) is 82.4 cm³/mol. The average Bonchev–Trinajstić information content (AvgIpc) is 2.36. The lowest BCUT2D eigenvalue weighted by Crippen LogP contribution is -2.31. The fraction of sp³-hybridized carbons (Fsp3) is 0.600. The van der Waals surface area contributed by atoms with E-state index in [0.29, 0.717) is 6.10 Å². The third-order valence-corrected chi connectivity index (χ3v) is 4.77. The molecule has 0 N–H and O–H groups in total. The molecular formula is C15H20BrClO2. The highest BCUT2D eigenvalue weighted by atomic mass is 79.9. The smallest absolute Gasteiger partial charge is 0.123 e. The second kappa shape index (κ2) is 6.96. The van der Waals surface area contributed by atoms with Crippen LogP contribution < -0.4 is 4.74 Å². The molecule has 1 atom stereocenters. The second-order valence-corrected chi connectivity index (χ2v) is 6.55. The van der Waals surface area contributed by atoms with Gasteiger partial charge in [-0.15, -0.1) is 0 Å². The average molecular weight is 348 g/mol. The van der Waals surface area contributed by atoms with Crippen LogP contribution in [-0.2, 0) is 4.74 Å². The lowest BCUT2D eigenvalue weighted by Gasteiger charge is -2.36. The van der Waals surface area contributed by atoms with E-state index in [1.807, 2.05) is 18.2 Å². The first-order valence-electron chi connectivity index (χ1n) is 6.73. The van der Waals surface area contributed by atoms with Gasteiger partial charge in [-0.25, -0.2) is 0 Å². The monoisotopic (exact) mass is 346 g/mol. The van der Waals surface area contributed by atoms with E-state index in [1.54, 1.807) is 7.11 Å². The summed E-state index contributed by atoms with van der Waals surface area (Å²) in [5.74, 6) is 1.62. The van der Waals surface area contributed by atoms with Gasteiger partial charge in [0.05, 0.1) is 13.2 Å². The summed E-state index contributed by atoms with van der Waals surface area (Å²) in [6, 6.07) is 5.77. The molecule has 0 spiro atoms. The van der Waals surface area contributed by atoms with Gasteiger partial charge in [-0.3, -0.25) is 0 Å². The summed E-state index contributed by atoms with van der Waals surface area (Å²) in [6.07, 6.45) is 3.90. The number of benzene rings is 1. The molecule has 19 heavy (non-hydrogen) atoms. The summed E-state index contributed by atoms with van der Waals surface area (Å²) in [5.41, 5.74) is 1.13. The van der Waals surface area contributed by atoms with Crippen molar-refractivity contribution in [3.05, 3.63) is 28.8 Å². The molecule has 0 aromatic heterocycles. The van der Waals surface area contributed by atoms with Gasteiger partial charge in [-0.1, -0.05) is 27.5 Å². The molecule has 1 aromatic rings. The van der Waals surface area contributed by atoms with E-state index in [2.05, 4.69) is 22.9 Å². The molecule has 0 heterocycles. The fourth-order valence-corrected chi connectivity index (χ4v) is 3.68. The Labute approximate surface area is 128 Å². The van der Waals surface area contributed by atoms with Crippen molar-refractivity contribution in [2.75, 3.05) is 13.7 Å². The normalized spacial score (nSPS) is 23.8. The number of alkyl halides is 1. The first kappa shape index (κ1) is 15.1.